The van der Waals surface area contributed by atoms with E-state index in [2.05, 4.69) is 39.0 Å². The number of hydrogen-bond acceptors (Lipinski definition) is 1. The molecule has 0 spiro atoms. The summed E-state index contributed by atoms with van der Waals surface area (Å²) in [7, 11) is 0. The summed E-state index contributed by atoms with van der Waals surface area (Å²) in [6.45, 7) is 7.22. The molecule has 1 atom stereocenters. The lowest BCUT2D eigenvalue weighted by atomic mass is 9.78. The Hall–Kier alpha value is -0.530. The summed E-state index contributed by atoms with van der Waals surface area (Å²) in [4.78, 5) is 0. The molecule has 106 valence electrons. The lowest BCUT2D eigenvalue weighted by molar-refractivity contribution is -0.0266. The Morgan fingerprint density at radius 2 is 2.00 bits per heavy atom. The van der Waals surface area contributed by atoms with Crippen molar-refractivity contribution in [2.45, 2.75) is 57.9 Å². The quantitative estimate of drug-likeness (QED) is 0.689. The van der Waals surface area contributed by atoms with Crippen LogP contribution in [-0.2, 0) is 11.2 Å². The molecule has 0 aliphatic heterocycles. The molecule has 0 saturated heterocycles. The summed E-state index contributed by atoms with van der Waals surface area (Å²) in [6, 6.07) is 6.68. The Balaban J connectivity index is 1.75. The van der Waals surface area contributed by atoms with Crippen molar-refractivity contribution in [1.82, 2.24) is 0 Å². The van der Waals surface area contributed by atoms with Gasteiger partial charge in [0.2, 0.25) is 0 Å². The highest BCUT2D eigenvalue weighted by molar-refractivity contribution is 6.20. The van der Waals surface area contributed by atoms with E-state index >= 15 is 0 Å². The molecular formula is C17H25ClO. The zero-order valence-electron chi connectivity index (χ0n) is 12.3. The lowest BCUT2D eigenvalue weighted by Gasteiger charge is -2.36. The highest BCUT2D eigenvalue weighted by atomic mass is 35.5. The standard InChI is InChI=1S/C17H25ClO/c1-4-19-17-10-15(11-17)9-16(18)8-14-6-5-12(2)13(3)7-14/h5-7,15-17H,4,8-11H2,1-3H3. The van der Waals surface area contributed by atoms with Crippen LogP contribution in [0.4, 0.5) is 0 Å². The first kappa shape index (κ1) is 14.9. The van der Waals surface area contributed by atoms with E-state index < -0.39 is 0 Å². The third kappa shape index (κ3) is 4.22. The predicted molar refractivity (Wildman–Crippen MR) is 82.0 cm³/mol. The second-order valence-electron chi connectivity index (χ2n) is 5.87. The van der Waals surface area contributed by atoms with E-state index in [9.17, 15) is 0 Å². The second kappa shape index (κ2) is 6.76. The molecule has 2 rings (SSSR count). The second-order valence-corrected chi connectivity index (χ2v) is 6.49. The van der Waals surface area contributed by atoms with Gasteiger partial charge in [-0.25, -0.2) is 0 Å². The van der Waals surface area contributed by atoms with Gasteiger partial charge in [-0.15, -0.1) is 11.6 Å². The van der Waals surface area contributed by atoms with Crippen LogP contribution < -0.4 is 0 Å². The van der Waals surface area contributed by atoms with Crippen molar-refractivity contribution in [3.05, 3.63) is 34.9 Å². The molecule has 2 heteroatoms. The van der Waals surface area contributed by atoms with Crippen molar-refractivity contribution in [3.63, 3.8) is 0 Å². The summed E-state index contributed by atoms with van der Waals surface area (Å²) < 4.78 is 5.59. The summed E-state index contributed by atoms with van der Waals surface area (Å²) in [6.07, 6.45) is 5.00. The first-order chi connectivity index (χ1) is 9.08. The van der Waals surface area contributed by atoms with Crippen LogP contribution in [-0.4, -0.2) is 18.1 Å². The molecule has 19 heavy (non-hydrogen) atoms. The van der Waals surface area contributed by atoms with E-state index in [0.29, 0.717) is 6.10 Å². The molecule has 1 aliphatic carbocycles. The van der Waals surface area contributed by atoms with Crippen LogP contribution in [0, 0.1) is 19.8 Å². The average molecular weight is 281 g/mol. The fourth-order valence-electron chi connectivity index (χ4n) is 2.87. The van der Waals surface area contributed by atoms with Gasteiger partial charge in [-0.05, 0) is 69.1 Å². The first-order valence-corrected chi connectivity index (χ1v) is 7.84. The molecule has 1 fully saturated rings. The highest BCUT2D eigenvalue weighted by Crippen LogP contribution is 2.35. The molecule has 1 aromatic rings. The van der Waals surface area contributed by atoms with Gasteiger partial charge in [-0.1, -0.05) is 18.2 Å². The van der Waals surface area contributed by atoms with Gasteiger partial charge in [0.15, 0.2) is 0 Å². The number of alkyl halides is 1. The van der Waals surface area contributed by atoms with Crippen LogP contribution in [0.5, 0.6) is 0 Å². The maximum absolute atomic E-state index is 6.50. The van der Waals surface area contributed by atoms with Gasteiger partial charge in [0.1, 0.15) is 0 Å². The Morgan fingerprint density at radius 3 is 2.63 bits per heavy atom. The molecule has 1 aromatic carbocycles. The summed E-state index contributed by atoms with van der Waals surface area (Å²) in [5.41, 5.74) is 4.08. The molecule has 0 amide bonds. The molecule has 0 N–H and O–H groups in total. The molecule has 1 nitrogen and oxygen atoms in total. The highest BCUT2D eigenvalue weighted by Gasteiger charge is 2.30. The lowest BCUT2D eigenvalue weighted by Crippen LogP contribution is -2.33. The SMILES string of the molecule is CCOC1CC(CC(Cl)Cc2ccc(C)c(C)c2)C1. The minimum absolute atomic E-state index is 0.259. The Kier molecular flexibility index (Phi) is 5.29. The smallest absolute Gasteiger partial charge is 0.0580 e. The number of rotatable bonds is 6. The van der Waals surface area contributed by atoms with Crippen LogP contribution in [0.15, 0.2) is 18.2 Å². The zero-order chi connectivity index (χ0) is 13.8. The van der Waals surface area contributed by atoms with Crippen LogP contribution in [0.3, 0.4) is 0 Å². The van der Waals surface area contributed by atoms with Gasteiger partial charge in [0.05, 0.1) is 6.10 Å². The number of benzene rings is 1. The topological polar surface area (TPSA) is 9.23 Å². The molecular weight excluding hydrogens is 256 g/mol. The fraction of sp³-hybridized carbons (Fsp3) is 0.647. The van der Waals surface area contributed by atoms with Crippen LogP contribution in [0.1, 0.15) is 42.9 Å². The van der Waals surface area contributed by atoms with E-state index in [1.165, 1.54) is 29.5 Å². The van der Waals surface area contributed by atoms with Crippen molar-refractivity contribution in [2.24, 2.45) is 5.92 Å². The van der Waals surface area contributed by atoms with Crippen molar-refractivity contribution in [1.29, 1.82) is 0 Å². The minimum atomic E-state index is 0.259. The van der Waals surface area contributed by atoms with E-state index in [1.807, 2.05) is 0 Å². The third-order valence-electron chi connectivity index (χ3n) is 4.21. The predicted octanol–water partition coefficient (Wildman–Crippen LogP) is 4.66. The van der Waals surface area contributed by atoms with Crippen LogP contribution in [0.2, 0.25) is 0 Å². The first-order valence-electron chi connectivity index (χ1n) is 7.40. The third-order valence-corrected chi connectivity index (χ3v) is 4.54. The Morgan fingerprint density at radius 1 is 1.26 bits per heavy atom. The van der Waals surface area contributed by atoms with Gasteiger partial charge in [-0.2, -0.15) is 0 Å². The van der Waals surface area contributed by atoms with E-state index in [-0.39, 0.29) is 5.38 Å². The summed E-state index contributed by atoms with van der Waals surface area (Å²) >= 11 is 6.50. The van der Waals surface area contributed by atoms with Gasteiger partial charge >= 0.3 is 0 Å². The van der Waals surface area contributed by atoms with E-state index in [4.69, 9.17) is 16.3 Å². The molecule has 0 aromatic heterocycles. The number of hydrogen-bond donors (Lipinski definition) is 0. The van der Waals surface area contributed by atoms with Gasteiger partial charge < -0.3 is 4.74 Å². The summed E-state index contributed by atoms with van der Waals surface area (Å²) in [5, 5.41) is 0.259. The summed E-state index contributed by atoms with van der Waals surface area (Å²) in [5.74, 6) is 0.769. The monoisotopic (exact) mass is 280 g/mol. The maximum Gasteiger partial charge on any atom is 0.0580 e. The molecule has 0 radical (unpaired) electrons. The van der Waals surface area contributed by atoms with Crippen LogP contribution >= 0.6 is 11.6 Å². The van der Waals surface area contributed by atoms with Gasteiger partial charge in [0.25, 0.3) is 0 Å². The Bertz CT molecular complexity index is 410. The minimum Gasteiger partial charge on any atom is -0.378 e. The van der Waals surface area contributed by atoms with Crippen molar-refractivity contribution < 1.29 is 4.74 Å². The van der Waals surface area contributed by atoms with Crippen molar-refractivity contribution in [2.75, 3.05) is 6.61 Å². The zero-order valence-corrected chi connectivity index (χ0v) is 13.0. The van der Waals surface area contributed by atoms with Gasteiger partial charge in [0, 0.05) is 12.0 Å². The molecule has 1 unspecified atom stereocenters. The molecule has 1 aliphatic rings. The van der Waals surface area contributed by atoms with Crippen molar-refractivity contribution >= 4 is 11.6 Å². The number of halogens is 1. The fourth-order valence-corrected chi connectivity index (χ4v) is 3.30. The van der Waals surface area contributed by atoms with E-state index in [0.717, 1.165) is 25.4 Å². The van der Waals surface area contributed by atoms with Crippen LogP contribution in [0.25, 0.3) is 0 Å². The Labute approximate surface area is 122 Å². The molecule has 0 bridgehead atoms. The molecule has 0 heterocycles. The number of ether oxygens (including phenoxy) is 1. The van der Waals surface area contributed by atoms with Gasteiger partial charge in [-0.3, -0.25) is 0 Å². The normalized spacial score (nSPS) is 24.0. The van der Waals surface area contributed by atoms with E-state index in [1.54, 1.807) is 0 Å². The van der Waals surface area contributed by atoms with Crippen molar-refractivity contribution in [3.8, 4) is 0 Å². The largest absolute Gasteiger partial charge is 0.378 e. The molecule has 1 saturated carbocycles. The average Bonchev–Trinajstić information content (AvgIpc) is 2.31. The number of aryl methyl sites for hydroxylation is 2. The maximum atomic E-state index is 6.50.